The standard InChI is InChI=1S/C10H12N6O2/c1-6-14-9(16-18-6)5-13-10(17)7-2-3-12-8(4-7)15-11/h2-4H,5,11H2,1H3,(H,12,15)(H,13,17). The molecule has 4 N–H and O–H groups in total. The number of hydrogen-bond donors (Lipinski definition) is 3. The summed E-state index contributed by atoms with van der Waals surface area (Å²) in [6, 6.07) is 3.12. The molecule has 8 heteroatoms. The number of aryl methyl sites for hydroxylation is 1. The van der Waals surface area contributed by atoms with Crippen LogP contribution in [-0.2, 0) is 6.54 Å². The van der Waals surface area contributed by atoms with Gasteiger partial charge in [0.25, 0.3) is 5.91 Å². The van der Waals surface area contributed by atoms with Gasteiger partial charge in [0.2, 0.25) is 5.89 Å². The Labute approximate surface area is 103 Å². The Balaban J connectivity index is 1.99. The average molecular weight is 248 g/mol. The lowest BCUT2D eigenvalue weighted by Crippen LogP contribution is -2.23. The van der Waals surface area contributed by atoms with E-state index in [2.05, 4.69) is 25.9 Å². The maximum atomic E-state index is 11.8. The number of nitrogens with zero attached hydrogens (tertiary/aromatic N) is 3. The molecule has 0 aromatic carbocycles. The van der Waals surface area contributed by atoms with Gasteiger partial charge in [0.05, 0.1) is 6.54 Å². The number of hydrazine groups is 1. The van der Waals surface area contributed by atoms with Gasteiger partial charge in [-0.3, -0.25) is 4.79 Å². The number of amides is 1. The highest BCUT2D eigenvalue weighted by Crippen LogP contribution is 2.05. The number of carbonyl (C=O) groups excluding carboxylic acids is 1. The molecule has 94 valence electrons. The number of aromatic nitrogens is 3. The number of hydrogen-bond acceptors (Lipinski definition) is 7. The Kier molecular flexibility index (Phi) is 3.49. The van der Waals surface area contributed by atoms with Gasteiger partial charge in [-0.2, -0.15) is 4.98 Å². The maximum absolute atomic E-state index is 11.8. The number of rotatable bonds is 4. The Hall–Kier alpha value is -2.48. The van der Waals surface area contributed by atoms with Crippen LogP contribution in [0.15, 0.2) is 22.9 Å². The molecule has 2 heterocycles. The lowest BCUT2D eigenvalue weighted by Gasteiger charge is -2.04. The molecule has 0 aliphatic rings. The molecule has 0 saturated carbocycles. The van der Waals surface area contributed by atoms with Crippen LogP contribution < -0.4 is 16.6 Å². The average Bonchev–Trinajstić information content (AvgIpc) is 2.82. The number of nitrogens with two attached hydrogens (primary N) is 1. The van der Waals surface area contributed by atoms with E-state index in [1.807, 2.05) is 0 Å². The second kappa shape index (κ2) is 5.23. The van der Waals surface area contributed by atoms with Crippen molar-refractivity contribution < 1.29 is 9.32 Å². The van der Waals surface area contributed by atoms with Crippen molar-refractivity contribution in [3.63, 3.8) is 0 Å². The van der Waals surface area contributed by atoms with Crippen molar-refractivity contribution in [1.82, 2.24) is 20.4 Å². The van der Waals surface area contributed by atoms with Gasteiger partial charge in [-0.15, -0.1) is 0 Å². The molecular formula is C10H12N6O2. The summed E-state index contributed by atoms with van der Waals surface area (Å²) in [5.41, 5.74) is 2.81. The minimum Gasteiger partial charge on any atom is -0.345 e. The van der Waals surface area contributed by atoms with Crippen LogP contribution in [0.5, 0.6) is 0 Å². The molecule has 0 spiro atoms. The summed E-state index contributed by atoms with van der Waals surface area (Å²) >= 11 is 0. The smallest absolute Gasteiger partial charge is 0.251 e. The monoisotopic (exact) mass is 248 g/mol. The third-order valence-electron chi connectivity index (χ3n) is 2.15. The van der Waals surface area contributed by atoms with E-state index in [1.165, 1.54) is 12.3 Å². The summed E-state index contributed by atoms with van der Waals surface area (Å²) in [7, 11) is 0. The molecule has 0 bridgehead atoms. The Morgan fingerprint density at radius 3 is 3.06 bits per heavy atom. The second-order valence-corrected chi connectivity index (χ2v) is 3.49. The van der Waals surface area contributed by atoms with Crippen LogP contribution in [0.1, 0.15) is 22.1 Å². The quantitative estimate of drug-likeness (QED) is 0.514. The van der Waals surface area contributed by atoms with Gasteiger partial charge in [-0.25, -0.2) is 10.8 Å². The molecular weight excluding hydrogens is 236 g/mol. The van der Waals surface area contributed by atoms with Crippen molar-refractivity contribution in [3.05, 3.63) is 35.6 Å². The van der Waals surface area contributed by atoms with Crippen molar-refractivity contribution in [2.24, 2.45) is 5.84 Å². The summed E-state index contributed by atoms with van der Waals surface area (Å²) < 4.78 is 4.79. The van der Waals surface area contributed by atoms with Gasteiger partial charge < -0.3 is 15.3 Å². The highest BCUT2D eigenvalue weighted by molar-refractivity contribution is 5.94. The van der Waals surface area contributed by atoms with Crippen LogP contribution >= 0.6 is 0 Å². The van der Waals surface area contributed by atoms with Gasteiger partial charge in [0, 0.05) is 18.7 Å². The Bertz CT molecular complexity index is 553. The van der Waals surface area contributed by atoms with Crippen molar-refractivity contribution in [2.45, 2.75) is 13.5 Å². The summed E-state index contributed by atoms with van der Waals surface area (Å²) in [4.78, 5) is 19.7. The molecule has 0 saturated heterocycles. The van der Waals surface area contributed by atoms with E-state index in [-0.39, 0.29) is 12.5 Å². The largest absolute Gasteiger partial charge is 0.345 e. The van der Waals surface area contributed by atoms with E-state index in [4.69, 9.17) is 10.4 Å². The van der Waals surface area contributed by atoms with E-state index < -0.39 is 0 Å². The van der Waals surface area contributed by atoms with E-state index in [9.17, 15) is 4.79 Å². The first-order valence-electron chi connectivity index (χ1n) is 5.19. The van der Waals surface area contributed by atoms with E-state index in [1.54, 1.807) is 13.0 Å². The van der Waals surface area contributed by atoms with Crippen LogP contribution in [0.3, 0.4) is 0 Å². The molecule has 0 radical (unpaired) electrons. The van der Waals surface area contributed by atoms with Crippen molar-refractivity contribution >= 4 is 11.7 Å². The van der Waals surface area contributed by atoms with Crippen LogP contribution in [0.2, 0.25) is 0 Å². The number of carbonyl (C=O) groups is 1. The summed E-state index contributed by atoms with van der Waals surface area (Å²) in [5.74, 6) is 6.24. The summed E-state index contributed by atoms with van der Waals surface area (Å²) in [6.45, 7) is 1.88. The molecule has 8 nitrogen and oxygen atoms in total. The number of nitrogens with one attached hydrogen (secondary N) is 2. The second-order valence-electron chi connectivity index (χ2n) is 3.49. The van der Waals surface area contributed by atoms with Crippen LogP contribution in [-0.4, -0.2) is 21.0 Å². The number of pyridine rings is 1. The van der Waals surface area contributed by atoms with Crippen molar-refractivity contribution in [1.29, 1.82) is 0 Å². The van der Waals surface area contributed by atoms with Crippen LogP contribution in [0.4, 0.5) is 5.82 Å². The first-order valence-corrected chi connectivity index (χ1v) is 5.19. The fourth-order valence-corrected chi connectivity index (χ4v) is 1.33. The zero-order valence-corrected chi connectivity index (χ0v) is 9.67. The minimum atomic E-state index is -0.267. The topological polar surface area (TPSA) is 119 Å². The molecule has 2 rings (SSSR count). The predicted octanol–water partition coefficient (Wildman–Crippen LogP) is -0.0114. The molecule has 0 fully saturated rings. The lowest BCUT2D eigenvalue weighted by molar-refractivity contribution is 0.0949. The SMILES string of the molecule is Cc1nc(CNC(=O)c2ccnc(NN)c2)no1. The zero-order valence-electron chi connectivity index (χ0n) is 9.67. The Morgan fingerprint density at radius 1 is 1.56 bits per heavy atom. The van der Waals surface area contributed by atoms with Crippen LogP contribution in [0, 0.1) is 6.92 Å². The van der Waals surface area contributed by atoms with E-state index in [0.717, 1.165) is 0 Å². The van der Waals surface area contributed by atoms with Crippen LogP contribution in [0.25, 0.3) is 0 Å². The maximum Gasteiger partial charge on any atom is 0.251 e. The van der Waals surface area contributed by atoms with Gasteiger partial charge in [0.1, 0.15) is 5.82 Å². The highest BCUT2D eigenvalue weighted by atomic mass is 16.5. The molecule has 0 aliphatic carbocycles. The molecule has 18 heavy (non-hydrogen) atoms. The third-order valence-corrected chi connectivity index (χ3v) is 2.15. The summed E-state index contributed by atoms with van der Waals surface area (Å²) in [6.07, 6.45) is 1.49. The third kappa shape index (κ3) is 2.80. The van der Waals surface area contributed by atoms with Crippen molar-refractivity contribution in [3.8, 4) is 0 Å². The molecule has 2 aromatic rings. The lowest BCUT2D eigenvalue weighted by atomic mass is 10.2. The number of anilines is 1. The zero-order chi connectivity index (χ0) is 13.0. The summed E-state index contributed by atoms with van der Waals surface area (Å²) in [5, 5.41) is 6.33. The fourth-order valence-electron chi connectivity index (χ4n) is 1.33. The van der Waals surface area contributed by atoms with E-state index >= 15 is 0 Å². The normalized spacial score (nSPS) is 10.1. The molecule has 0 unspecified atom stereocenters. The molecule has 1 amide bonds. The highest BCUT2D eigenvalue weighted by Gasteiger charge is 2.08. The number of nitrogen functional groups attached to an aromatic ring is 1. The predicted molar refractivity (Wildman–Crippen MR) is 62.3 cm³/mol. The van der Waals surface area contributed by atoms with Gasteiger partial charge in [0.15, 0.2) is 5.82 Å². The molecule has 0 atom stereocenters. The fraction of sp³-hybridized carbons (Fsp3) is 0.200. The molecule has 0 aliphatic heterocycles. The van der Waals surface area contributed by atoms with Gasteiger partial charge >= 0.3 is 0 Å². The first-order chi connectivity index (χ1) is 8.69. The van der Waals surface area contributed by atoms with Crippen molar-refractivity contribution in [2.75, 3.05) is 5.43 Å². The Morgan fingerprint density at radius 2 is 2.39 bits per heavy atom. The minimum absolute atomic E-state index is 0.198. The van der Waals surface area contributed by atoms with E-state index in [0.29, 0.717) is 23.1 Å². The van der Waals surface area contributed by atoms with Gasteiger partial charge in [-0.05, 0) is 12.1 Å². The first kappa shape index (κ1) is 12.0. The molecule has 2 aromatic heterocycles. The van der Waals surface area contributed by atoms with Gasteiger partial charge in [-0.1, -0.05) is 5.16 Å².